The zero-order valence-electron chi connectivity index (χ0n) is 13.0. The molecule has 1 aromatic carbocycles. The fourth-order valence-electron chi connectivity index (χ4n) is 3.36. The van der Waals surface area contributed by atoms with Crippen molar-refractivity contribution in [2.45, 2.75) is 25.2 Å². The summed E-state index contributed by atoms with van der Waals surface area (Å²) in [6.07, 6.45) is 3.32. The molecular formula is C18H20ClN3O. The number of nitrogens with zero attached hydrogens (tertiary/aromatic N) is 2. The first-order chi connectivity index (χ1) is 11.2. The van der Waals surface area contributed by atoms with Crippen LogP contribution in [0, 0.1) is 5.92 Å². The van der Waals surface area contributed by atoms with E-state index >= 15 is 0 Å². The van der Waals surface area contributed by atoms with Gasteiger partial charge in [0.1, 0.15) is 0 Å². The Hall–Kier alpha value is -1.65. The molecule has 0 unspecified atom stereocenters. The summed E-state index contributed by atoms with van der Waals surface area (Å²) in [6.45, 7) is 2.17. The number of halogens is 1. The third kappa shape index (κ3) is 2.81. The lowest BCUT2D eigenvalue weighted by atomic mass is 10.0. The number of carbonyl (C=O) groups excluding carboxylic acids is 1. The lowest BCUT2D eigenvalue weighted by Gasteiger charge is -2.18. The Labute approximate surface area is 140 Å². The maximum atomic E-state index is 13.0. The van der Waals surface area contributed by atoms with E-state index in [1.165, 1.54) is 12.8 Å². The predicted molar refractivity (Wildman–Crippen MR) is 91.8 cm³/mol. The van der Waals surface area contributed by atoms with E-state index in [1.807, 2.05) is 29.2 Å². The minimum Gasteiger partial charge on any atom is -0.338 e. The van der Waals surface area contributed by atoms with Crippen LogP contribution in [-0.4, -0.2) is 35.4 Å². The molecule has 1 saturated heterocycles. The first-order valence-corrected chi connectivity index (χ1v) is 8.63. The van der Waals surface area contributed by atoms with Gasteiger partial charge >= 0.3 is 0 Å². The van der Waals surface area contributed by atoms with Crippen LogP contribution in [0.2, 0.25) is 5.02 Å². The third-order valence-corrected chi connectivity index (χ3v) is 5.16. The van der Waals surface area contributed by atoms with Gasteiger partial charge in [0.2, 0.25) is 0 Å². The Morgan fingerprint density at radius 2 is 2.13 bits per heavy atom. The van der Waals surface area contributed by atoms with Gasteiger partial charge in [0, 0.05) is 35.1 Å². The van der Waals surface area contributed by atoms with Crippen molar-refractivity contribution in [3.63, 3.8) is 0 Å². The minimum atomic E-state index is 0.0810. The van der Waals surface area contributed by atoms with Crippen LogP contribution >= 0.6 is 11.6 Å². The first kappa shape index (κ1) is 14.9. The van der Waals surface area contributed by atoms with E-state index < -0.39 is 0 Å². The van der Waals surface area contributed by atoms with E-state index in [-0.39, 0.29) is 5.91 Å². The highest BCUT2D eigenvalue weighted by Crippen LogP contribution is 2.40. The summed E-state index contributed by atoms with van der Waals surface area (Å²) in [5.74, 6) is 1.01. The molecule has 0 bridgehead atoms. The molecule has 2 N–H and O–H groups in total. The van der Waals surface area contributed by atoms with Gasteiger partial charge < -0.3 is 10.6 Å². The van der Waals surface area contributed by atoms with Gasteiger partial charge in [0.15, 0.2) is 0 Å². The number of fused-ring (bicyclic) bond motifs is 1. The van der Waals surface area contributed by atoms with E-state index in [0.29, 0.717) is 23.4 Å². The molecule has 1 amide bonds. The van der Waals surface area contributed by atoms with Gasteiger partial charge in [-0.05, 0) is 56.0 Å². The number of likely N-dealkylation sites (tertiary alicyclic amines) is 1. The minimum absolute atomic E-state index is 0.0810. The Morgan fingerprint density at radius 1 is 1.30 bits per heavy atom. The second kappa shape index (κ2) is 5.77. The summed E-state index contributed by atoms with van der Waals surface area (Å²) in [5.41, 5.74) is 8.38. The highest BCUT2D eigenvalue weighted by molar-refractivity contribution is 6.31. The van der Waals surface area contributed by atoms with Crippen molar-refractivity contribution in [1.29, 1.82) is 0 Å². The maximum absolute atomic E-state index is 13.0. The largest absolute Gasteiger partial charge is 0.338 e. The molecule has 1 atom stereocenters. The number of carbonyl (C=O) groups is 1. The molecule has 0 radical (unpaired) electrons. The van der Waals surface area contributed by atoms with Gasteiger partial charge in [-0.15, -0.1) is 0 Å². The van der Waals surface area contributed by atoms with Crippen LogP contribution in [0.25, 0.3) is 10.9 Å². The zero-order valence-corrected chi connectivity index (χ0v) is 13.7. The van der Waals surface area contributed by atoms with Gasteiger partial charge in [-0.25, -0.2) is 0 Å². The normalized spacial score (nSPS) is 21.1. The Bertz CT molecular complexity index is 772. The van der Waals surface area contributed by atoms with Crippen molar-refractivity contribution in [3.05, 3.63) is 40.5 Å². The molecule has 5 heteroatoms. The number of hydrogen-bond acceptors (Lipinski definition) is 3. The predicted octanol–water partition coefficient (Wildman–Crippen LogP) is 3.19. The van der Waals surface area contributed by atoms with Crippen LogP contribution in [0.5, 0.6) is 0 Å². The van der Waals surface area contributed by atoms with Crippen molar-refractivity contribution < 1.29 is 4.79 Å². The number of rotatable bonds is 3. The fourth-order valence-corrected chi connectivity index (χ4v) is 3.54. The van der Waals surface area contributed by atoms with Gasteiger partial charge in [-0.3, -0.25) is 9.78 Å². The molecule has 2 fully saturated rings. The van der Waals surface area contributed by atoms with Gasteiger partial charge in [0.25, 0.3) is 5.91 Å². The number of aromatic nitrogens is 1. The van der Waals surface area contributed by atoms with Crippen molar-refractivity contribution in [3.8, 4) is 0 Å². The van der Waals surface area contributed by atoms with Crippen LogP contribution in [-0.2, 0) is 0 Å². The lowest BCUT2D eigenvalue weighted by molar-refractivity contribution is 0.0789. The van der Waals surface area contributed by atoms with E-state index in [0.717, 1.165) is 41.7 Å². The van der Waals surface area contributed by atoms with Crippen LogP contribution in [0.1, 0.15) is 41.2 Å². The fraction of sp³-hybridized carbons (Fsp3) is 0.444. The quantitative estimate of drug-likeness (QED) is 0.940. The van der Waals surface area contributed by atoms with E-state index in [4.69, 9.17) is 22.3 Å². The summed E-state index contributed by atoms with van der Waals surface area (Å²) in [4.78, 5) is 19.7. The van der Waals surface area contributed by atoms with E-state index in [2.05, 4.69) is 0 Å². The molecular weight excluding hydrogens is 310 g/mol. The van der Waals surface area contributed by atoms with E-state index in [9.17, 15) is 4.79 Å². The molecule has 0 spiro atoms. The second-order valence-corrected chi connectivity index (χ2v) is 7.11. The van der Waals surface area contributed by atoms with Gasteiger partial charge in [0.05, 0.1) is 11.1 Å². The smallest absolute Gasteiger partial charge is 0.254 e. The zero-order chi connectivity index (χ0) is 16.0. The number of nitrogens with two attached hydrogens (primary N) is 1. The highest BCUT2D eigenvalue weighted by Gasteiger charge is 2.30. The van der Waals surface area contributed by atoms with E-state index in [1.54, 1.807) is 0 Å². The van der Waals surface area contributed by atoms with Crippen LogP contribution in [0.4, 0.5) is 0 Å². The summed E-state index contributed by atoms with van der Waals surface area (Å²) < 4.78 is 0. The molecule has 4 rings (SSSR count). The average Bonchev–Trinajstić information content (AvgIpc) is 3.30. The maximum Gasteiger partial charge on any atom is 0.254 e. The second-order valence-electron chi connectivity index (χ2n) is 6.67. The molecule has 120 valence electrons. The van der Waals surface area contributed by atoms with Gasteiger partial charge in [-0.2, -0.15) is 0 Å². The summed E-state index contributed by atoms with van der Waals surface area (Å²) >= 11 is 6.15. The SMILES string of the molecule is NC[C@H]1CCN(C(=O)c2cc(C3CC3)nc3ccc(Cl)cc23)C1. The summed E-state index contributed by atoms with van der Waals surface area (Å²) in [5, 5.41) is 1.48. The molecule has 2 aromatic rings. The summed E-state index contributed by atoms with van der Waals surface area (Å²) in [6, 6.07) is 7.58. The molecule has 1 aliphatic carbocycles. The molecule has 1 aromatic heterocycles. The monoisotopic (exact) mass is 329 g/mol. The average molecular weight is 330 g/mol. The number of pyridine rings is 1. The standard InChI is InChI=1S/C18H20ClN3O/c19-13-3-4-16-14(7-13)15(8-17(21-16)12-1-2-12)18(23)22-6-5-11(9-20)10-22/h3-4,7-8,11-12H,1-2,5-6,9-10,20H2/t11-/m1/s1. The Kier molecular flexibility index (Phi) is 3.74. The molecule has 2 heterocycles. The van der Waals surface area contributed by atoms with Crippen LogP contribution in [0.15, 0.2) is 24.3 Å². The molecule has 1 aliphatic heterocycles. The molecule has 1 saturated carbocycles. The lowest BCUT2D eigenvalue weighted by Crippen LogP contribution is -2.30. The Morgan fingerprint density at radius 3 is 2.83 bits per heavy atom. The first-order valence-electron chi connectivity index (χ1n) is 8.25. The van der Waals surface area contributed by atoms with Crippen molar-refractivity contribution in [2.24, 2.45) is 11.7 Å². The van der Waals surface area contributed by atoms with Crippen molar-refractivity contribution in [1.82, 2.24) is 9.88 Å². The van der Waals surface area contributed by atoms with Gasteiger partial charge in [-0.1, -0.05) is 11.6 Å². The number of benzene rings is 1. The summed E-state index contributed by atoms with van der Waals surface area (Å²) in [7, 11) is 0. The Balaban J connectivity index is 1.77. The third-order valence-electron chi connectivity index (χ3n) is 4.92. The number of amides is 1. The molecule has 4 nitrogen and oxygen atoms in total. The number of hydrogen-bond donors (Lipinski definition) is 1. The van der Waals surface area contributed by atoms with Crippen LogP contribution in [0.3, 0.4) is 0 Å². The molecule has 2 aliphatic rings. The van der Waals surface area contributed by atoms with Crippen molar-refractivity contribution >= 4 is 28.4 Å². The highest BCUT2D eigenvalue weighted by atomic mass is 35.5. The molecule has 23 heavy (non-hydrogen) atoms. The topological polar surface area (TPSA) is 59.2 Å². The van der Waals surface area contributed by atoms with Crippen molar-refractivity contribution in [2.75, 3.05) is 19.6 Å². The van der Waals surface area contributed by atoms with Crippen LogP contribution < -0.4 is 5.73 Å².